The zero-order chi connectivity index (χ0) is 14.4. The average molecular weight is 294 g/mol. The van der Waals surface area contributed by atoms with Gasteiger partial charge in [0.2, 0.25) is 5.95 Å². The SMILES string of the molecule is CCCNc1nc(NCC(C)COC)c2ccsc2n1. The van der Waals surface area contributed by atoms with E-state index in [-0.39, 0.29) is 0 Å². The molecule has 1 unspecified atom stereocenters. The summed E-state index contributed by atoms with van der Waals surface area (Å²) in [6.45, 7) is 6.74. The van der Waals surface area contributed by atoms with Gasteiger partial charge in [0.25, 0.3) is 0 Å². The zero-order valence-electron chi connectivity index (χ0n) is 12.3. The third-order valence-electron chi connectivity index (χ3n) is 2.93. The van der Waals surface area contributed by atoms with Crippen LogP contribution in [0, 0.1) is 5.92 Å². The van der Waals surface area contributed by atoms with E-state index < -0.39 is 0 Å². The molecule has 2 heterocycles. The number of hydrogen-bond donors (Lipinski definition) is 2. The number of aromatic nitrogens is 2. The fraction of sp³-hybridized carbons (Fsp3) is 0.571. The number of nitrogens with zero attached hydrogens (tertiary/aromatic N) is 2. The predicted octanol–water partition coefficient (Wildman–Crippen LogP) is 3.21. The quantitative estimate of drug-likeness (QED) is 0.783. The molecule has 110 valence electrons. The van der Waals surface area contributed by atoms with Gasteiger partial charge in [0.05, 0.1) is 12.0 Å². The largest absolute Gasteiger partial charge is 0.384 e. The second kappa shape index (κ2) is 7.40. The highest BCUT2D eigenvalue weighted by Crippen LogP contribution is 2.26. The predicted molar refractivity (Wildman–Crippen MR) is 85.7 cm³/mol. The van der Waals surface area contributed by atoms with Crippen LogP contribution in [0.4, 0.5) is 11.8 Å². The minimum absolute atomic E-state index is 0.440. The molecule has 6 heteroatoms. The Morgan fingerprint density at radius 1 is 1.35 bits per heavy atom. The number of nitrogens with one attached hydrogen (secondary N) is 2. The van der Waals surface area contributed by atoms with Gasteiger partial charge in [0, 0.05) is 20.2 Å². The second-order valence-corrected chi connectivity index (χ2v) is 5.80. The molecule has 0 aliphatic rings. The van der Waals surface area contributed by atoms with E-state index in [9.17, 15) is 0 Å². The molecule has 0 amide bonds. The molecule has 0 saturated heterocycles. The first-order chi connectivity index (χ1) is 9.74. The summed E-state index contributed by atoms with van der Waals surface area (Å²) >= 11 is 1.64. The van der Waals surface area contributed by atoms with Crippen LogP contribution in [-0.4, -0.2) is 36.8 Å². The number of rotatable bonds is 8. The van der Waals surface area contributed by atoms with E-state index in [1.807, 2.05) is 5.38 Å². The standard InChI is InChI=1S/C14H22N4OS/c1-4-6-15-14-17-12(16-8-10(2)9-19-3)11-5-7-20-13(11)18-14/h5,7,10H,4,6,8-9H2,1-3H3,(H2,15,16,17,18). The van der Waals surface area contributed by atoms with E-state index in [0.717, 1.165) is 42.2 Å². The van der Waals surface area contributed by atoms with Crippen molar-refractivity contribution < 1.29 is 4.74 Å². The summed E-state index contributed by atoms with van der Waals surface area (Å²) in [7, 11) is 1.73. The van der Waals surface area contributed by atoms with E-state index in [2.05, 4.69) is 40.5 Å². The third-order valence-corrected chi connectivity index (χ3v) is 3.73. The lowest BCUT2D eigenvalue weighted by molar-refractivity contribution is 0.164. The van der Waals surface area contributed by atoms with Crippen molar-refractivity contribution in [3.8, 4) is 0 Å². The zero-order valence-corrected chi connectivity index (χ0v) is 13.1. The Balaban J connectivity index is 2.14. The van der Waals surface area contributed by atoms with Gasteiger partial charge >= 0.3 is 0 Å². The van der Waals surface area contributed by atoms with Gasteiger partial charge in [-0.2, -0.15) is 4.98 Å². The second-order valence-electron chi connectivity index (χ2n) is 4.90. The molecule has 2 aromatic rings. The molecule has 20 heavy (non-hydrogen) atoms. The highest BCUT2D eigenvalue weighted by Gasteiger charge is 2.09. The summed E-state index contributed by atoms with van der Waals surface area (Å²) in [4.78, 5) is 10.1. The van der Waals surface area contributed by atoms with Crippen LogP contribution in [0.15, 0.2) is 11.4 Å². The van der Waals surface area contributed by atoms with Crippen molar-refractivity contribution in [1.29, 1.82) is 0 Å². The molecule has 0 aliphatic heterocycles. The van der Waals surface area contributed by atoms with Gasteiger partial charge in [-0.1, -0.05) is 13.8 Å². The molecule has 0 bridgehead atoms. The smallest absolute Gasteiger partial charge is 0.226 e. The Bertz CT molecular complexity index is 543. The first-order valence-corrected chi connectivity index (χ1v) is 7.84. The lowest BCUT2D eigenvalue weighted by Crippen LogP contribution is -2.17. The Hall–Kier alpha value is -1.40. The number of methoxy groups -OCH3 is 1. The number of hydrogen-bond acceptors (Lipinski definition) is 6. The molecule has 0 radical (unpaired) electrons. The van der Waals surface area contributed by atoms with E-state index in [1.54, 1.807) is 18.4 Å². The van der Waals surface area contributed by atoms with Crippen molar-refractivity contribution in [2.45, 2.75) is 20.3 Å². The summed E-state index contributed by atoms with van der Waals surface area (Å²) in [5.74, 6) is 2.04. The Kier molecular flexibility index (Phi) is 5.55. The molecule has 0 spiro atoms. The minimum atomic E-state index is 0.440. The van der Waals surface area contributed by atoms with E-state index in [1.165, 1.54) is 0 Å². The van der Waals surface area contributed by atoms with Crippen LogP contribution in [-0.2, 0) is 4.74 Å². The van der Waals surface area contributed by atoms with Gasteiger partial charge in [-0.05, 0) is 23.8 Å². The first-order valence-electron chi connectivity index (χ1n) is 6.96. The Morgan fingerprint density at radius 2 is 2.20 bits per heavy atom. The molecule has 1 atom stereocenters. The van der Waals surface area contributed by atoms with Crippen molar-refractivity contribution in [3.63, 3.8) is 0 Å². The van der Waals surface area contributed by atoms with Crippen LogP contribution in [0.25, 0.3) is 10.2 Å². The molecule has 2 N–H and O–H groups in total. The Morgan fingerprint density at radius 3 is 2.95 bits per heavy atom. The van der Waals surface area contributed by atoms with Crippen LogP contribution in [0.1, 0.15) is 20.3 Å². The monoisotopic (exact) mass is 294 g/mol. The molecule has 0 aliphatic carbocycles. The maximum Gasteiger partial charge on any atom is 0.226 e. The summed E-state index contributed by atoms with van der Waals surface area (Å²) < 4.78 is 5.16. The molecule has 5 nitrogen and oxygen atoms in total. The molecule has 2 rings (SSSR count). The molecular formula is C14H22N4OS. The maximum atomic E-state index is 5.16. The van der Waals surface area contributed by atoms with E-state index >= 15 is 0 Å². The van der Waals surface area contributed by atoms with Gasteiger partial charge in [-0.25, -0.2) is 4.98 Å². The minimum Gasteiger partial charge on any atom is -0.384 e. The van der Waals surface area contributed by atoms with Crippen molar-refractivity contribution in [2.75, 3.05) is 37.4 Å². The first kappa shape index (κ1) is 15.0. The molecule has 2 aromatic heterocycles. The van der Waals surface area contributed by atoms with Gasteiger partial charge in [-0.15, -0.1) is 11.3 Å². The molecular weight excluding hydrogens is 272 g/mol. The van der Waals surface area contributed by atoms with Crippen molar-refractivity contribution in [1.82, 2.24) is 9.97 Å². The van der Waals surface area contributed by atoms with Crippen LogP contribution in [0.3, 0.4) is 0 Å². The number of fused-ring (bicyclic) bond motifs is 1. The fourth-order valence-corrected chi connectivity index (χ4v) is 2.68. The van der Waals surface area contributed by atoms with Gasteiger partial charge in [-0.3, -0.25) is 0 Å². The normalized spacial score (nSPS) is 12.6. The third kappa shape index (κ3) is 3.80. The van der Waals surface area contributed by atoms with E-state index in [0.29, 0.717) is 11.9 Å². The molecule has 0 saturated carbocycles. The number of anilines is 2. The average Bonchev–Trinajstić information content (AvgIpc) is 2.91. The van der Waals surface area contributed by atoms with Crippen molar-refractivity contribution in [2.24, 2.45) is 5.92 Å². The van der Waals surface area contributed by atoms with Crippen LogP contribution in [0.5, 0.6) is 0 Å². The van der Waals surface area contributed by atoms with Crippen LogP contribution >= 0.6 is 11.3 Å². The fourth-order valence-electron chi connectivity index (χ4n) is 1.92. The van der Waals surface area contributed by atoms with Gasteiger partial charge in [0.15, 0.2) is 0 Å². The van der Waals surface area contributed by atoms with Crippen LogP contribution in [0.2, 0.25) is 0 Å². The summed E-state index contributed by atoms with van der Waals surface area (Å²) in [5, 5.41) is 9.79. The lowest BCUT2D eigenvalue weighted by Gasteiger charge is -2.13. The van der Waals surface area contributed by atoms with Gasteiger partial charge < -0.3 is 15.4 Å². The summed E-state index contributed by atoms with van der Waals surface area (Å²) in [6.07, 6.45) is 1.06. The number of ether oxygens (including phenoxy) is 1. The van der Waals surface area contributed by atoms with Crippen molar-refractivity contribution >= 4 is 33.3 Å². The van der Waals surface area contributed by atoms with Crippen LogP contribution < -0.4 is 10.6 Å². The lowest BCUT2D eigenvalue weighted by atomic mass is 10.2. The highest BCUT2D eigenvalue weighted by atomic mass is 32.1. The Labute approximate surface area is 123 Å². The van der Waals surface area contributed by atoms with Gasteiger partial charge in [0.1, 0.15) is 10.6 Å². The summed E-state index contributed by atoms with van der Waals surface area (Å²) in [6, 6.07) is 2.06. The number of thiophene rings is 1. The molecule has 0 aromatic carbocycles. The van der Waals surface area contributed by atoms with Crippen molar-refractivity contribution in [3.05, 3.63) is 11.4 Å². The molecule has 0 fully saturated rings. The summed E-state index contributed by atoms with van der Waals surface area (Å²) in [5.41, 5.74) is 0. The maximum absolute atomic E-state index is 5.16. The van der Waals surface area contributed by atoms with E-state index in [4.69, 9.17) is 4.74 Å². The highest BCUT2D eigenvalue weighted by molar-refractivity contribution is 7.16. The topological polar surface area (TPSA) is 59.1 Å².